The van der Waals surface area contributed by atoms with Crippen molar-refractivity contribution in [3.05, 3.63) is 0 Å². The average Bonchev–Trinajstić information content (AvgIpc) is 2.71. The molecule has 0 aliphatic carbocycles. The van der Waals surface area contributed by atoms with Crippen LogP contribution in [0.5, 0.6) is 0 Å². The van der Waals surface area contributed by atoms with E-state index in [4.69, 9.17) is 0 Å². The molecule has 9 heavy (non-hydrogen) atoms. The quantitative estimate of drug-likeness (QED) is 0.493. The highest BCUT2D eigenvalue weighted by Gasteiger charge is 2.28. The third kappa shape index (κ3) is 1.52. The molecule has 4 nitrogen and oxygen atoms in total. The minimum atomic E-state index is -0.330. The first-order valence-electron chi connectivity index (χ1n) is 2.58. The molecule has 0 saturated carbocycles. The minimum Gasteiger partial charge on any atom is -0.248 e. The third-order valence-corrected chi connectivity index (χ3v) is 4.72. The monoisotopic (exact) mass is 178 g/mol. The fourth-order valence-corrected chi connectivity index (χ4v) is 4.22. The Kier molecular flexibility index (Phi) is 1.85. The lowest BCUT2D eigenvalue weighted by Gasteiger charge is -2.09. The first-order valence-corrected chi connectivity index (χ1v) is 5.47. The van der Waals surface area contributed by atoms with Crippen LogP contribution in [0, 0.1) is 0 Å². The molecule has 7 heteroatoms. The van der Waals surface area contributed by atoms with Crippen molar-refractivity contribution in [2.75, 3.05) is 13.1 Å². The van der Waals surface area contributed by atoms with Gasteiger partial charge >= 0.3 is 0 Å². The smallest absolute Gasteiger partial charge is 0.182 e. The van der Waals surface area contributed by atoms with Gasteiger partial charge in [0, 0.05) is 13.1 Å². The first kappa shape index (κ1) is 6.27. The molecule has 0 radical (unpaired) electrons. The maximum atomic E-state index is 4.27. The van der Waals surface area contributed by atoms with Crippen molar-refractivity contribution in [3.63, 3.8) is 0 Å². The number of hydrogen-bond acceptors (Lipinski definition) is 4. The molecule has 0 aromatic heterocycles. The number of nitrogens with one attached hydrogen (secondary N) is 1. The summed E-state index contributed by atoms with van der Waals surface area (Å²) in [5, 5.41) is 0. The summed E-state index contributed by atoms with van der Waals surface area (Å²) >= 11 is 0. The second kappa shape index (κ2) is 2.65. The van der Waals surface area contributed by atoms with E-state index in [1.165, 1.54) is 13.1 Å². The third-order valence-electron chi connectivity index (χ3n) is 1.04. The van der Waals surface area contributed by atoms with Gasteiger partial charge < -0.3 is 0 Å². The highest BCUT2D eigenvalue weighted by molar-refractivity contribution is 7.65. The Morgan fingerprint density at radius 2 is 2.44 bits per heavy atom. The maximum absolute atomic E-state index is 4.27. The van der Waals surface area contributed by atoms with E-state index in [9.17, 15) is 0 Å². The van der Waals surface area contributed by atoms with Crippen molar-refractivity contribution in [1.82, 2.24) is 9.53 Å². The van der Waals surface area contributed by atoms with E-state index < -0.39 is 0 Å². The topological polar surface area (TPSA) is 39.8 Å². The van der Waals surface area contributed by atoms with E-state index >= 15 is 0 Å². The van der Waals surface area contributed by atoms with E-state index in [1.807, 2.05) is 0 Å². The first-order chi connectivity index (χ1) is 4.47. The highest BCUT2D eigenvalue weighted by Crippen LogP contribution is 2.49. The van der Waals surface area contributed by atoms with Gasteiger partial charge in [0.25, 0.3) is 0 Å². The van der Waals surface area contributed by atoms with Gasteiger partial charge in [-0.2, -0.15) is 13.9 Å². The fraction of sp³-hybridized carbons (Fsp3) is 1.00. The van der Waals surface area contributed by atoms with Gasteiger partial charge in [-0.25, -0.2) is 4.67 Å². The largest absolute Gasteiger partial charge is 0.248 e. The molecule has 2 aliphatic heterocycles. The van der Waals surface area contributed by atoms with E-state index in [0.29, 0.717) is 0 Å². The molecule has 2 rings (SSSR count). The van der Waals surface area contributed by atoms with Crippen LogP contribution >= 0.6 is 25.4 Å². The summed E-state index contributed by atoms with van der Waals surface area (Å²) in [7, 11) is 1.57. The van der Waals surface area contributed by atoms with E-state index in [2.05, 4.69) is 18.6 Å². The van der Waals surface area contributed by atoms with Gasteiger partial charge in [-0.15, -0.1) is 0 Å². The Hall–Kier alpha value is 0.550. The van der Waals surface area contributed by atoms with Gasteiger partial charge in [0.2, 0.25) is 0 Å². The lowest BCUT2D eigenvalue weighted by molar-refractivity contribution is 0.908. The molecular weight excluding hydrogens is 173 g/mol. The zero-order chi connectivity index (χ0) is 6.10. The van der Waals surface area contributed by atoms with Crippen molar-refractivity contribution < 1.29 is 0 Å². The van der Waals surface area contributed by atoms with Gasteiger partial charge in [-0.3, -0.25) is 0 Å². The second-order valence-corrected chi connectivity index (χ2v) is 5.47. The summed E-state index contributed by atoms with van der Waals surface area (Å²) in [6.45, 7) is 2.43. The van der Waals surface area contributed by atoms with Crippen LogP contribution in [0.25, 0.3) is 0 Å². The van der Waals surface area contributed by atoms with Crippen LogP contribution < -0.4 is 4.86 Å². The standard InChI is InChI=1S/C2H5N4P3/c1-2-6(1)9-4-7-3-8-5-9/h1-2H2,(H,3,4,5). The summed E-state index contributed by atoms with van der Waals surface area (Å²) < 4.78 is 10.6. The summed E-state index contributed by atoms with van der Waals surface area (Å²) in [6, 6.07) is 0. The molecule has 2 heterocycles. The van der Waals surface area contributed by atoms with E-state index in [0.717, 1.165) is 17.0 Å². The van der Waals surface area contributed by atoms with E-state index in [1.54, 1.807) is 0 Å². The number of nitrogens with zero attached hydrogens (tertiary/aromatic N) is 3. The summed E-state index contributed by atoms with van der Waals surface area (Å²) in [5.74, 6) is 0. The normalized spacial score (nSPS) is 36.7. The van der Waals surface area contributed by atoms with Crippen molar-refractivity contribution in [2.45, 2.75) is 0 Å². The lowest BCUT2D eigenvalue weighted by atomic mass is 11.0. The predicted molar refractivity (Wildman–Crippen MR) is 40.3 cm³/mol. The molecule has 0 amide bonds. The molecule has 1 atom stereocenters. The Morgan fingerprint density at radius 3 is 3.00 bits per heavy atom. The lowest BCUT2D eigenvalue weighted by Crippen LogP contribution is -1.96. The molecule has 0 aromatic rings. The molecule has 2 aliphatic rings. The van der Waals surface area contributed by atoms with Gasteiger partial charge in [0.1, 0.15) is 8.52 Å². The molecule has 1 saturated heterocycles. The summed E-state index contributed by atoms with van der Waals surface area (Å²) in [6.07, 6.45) is 0. The molecule has 1 fully saturated rings. The molecule has 1 N–H and O–H groups in total. The van der Waals surface area contributed by atoms with Gasteiger partial charge in [0.05, 0.1) is 0 Å². The zero-order valence-electron chi connectivity index (χ0n) is 4.60. The SMILES string of the molecule is C1CN1P1N=PN=PN1. The number of hydrogen-bond donors (Lipinski definition) is 1. The zero-order valence-corrected chi connectivity index (χ0v) is 7.28. The fourth-order valence-electron chi connectivity index (χ4n) is 0.510. The average molecular weight is 178 g/mol. The number of rotatable bonds is 1. The molecule has 0 bridgehead atoms. The van der Waals surface area contributed by atoms with Crippen LogP contribution in [0.3, 0.4) is 0 Å². The van der Waals surface area contributed by atoms with Gasteiger partial charge in [-0.1, -0.05) is 0 Å². The van der Waals surface area contributed by atoms with Crippen LogP contribution in [-0.4, -0.2) is 17.8 Å². The predicted octanol–water partition coefficient (Wildman–Crippen LogP) is 2.22. The van der Waals surface area contributed by atoms with Crippen LogP contribution in [-0.2, 0) is 0 Å². The molecule has 0 aromatic carbocycles. The Labute approximate surface area is 57.8 Å². The van der Waals surface area contributed by atoms with Gasteiger partial charge in [0.15, 0.2) is 16.9 Å². The van der Waals surface area contributed by atoms with Crippen molar-refractivity contribution in [1.29, 1.82) is 0 Å². The summed E-state index contributed by atoms with van der Waals surface area (Å²) in [5.41, 5.74) is 0. The second-order valence-electron chi connectivity index (χ2n) is 1.71. The van der Waals surface area contributed by atoms with Crippen LogP contribution in [0.1, 0.15) is 0 Å². The molecule has 0 spiro atoms. The van der Waals surface area contributed by atoms with Gasteiger partial charge in [-0.05, 0) is 0 Å². The van der Waals surface area contributed by atoms with Crippen LogP contribution in [0.2, 0.25) is 0 Å². The molecule has 48 valence electrons. The Morgan fingerprint density at radius 1 is 1.56 bits per heavy atom. The van der Waals surface area contributed by atoms with Crippen molar-refractivity contribution >= 4 is 25.4 Å². The van der Waals surface area contributed by atoms with Crippen LogP contribution in [0.4, 0.5) is 0 Å². The molecule has 1 unspecified atom stereocenters. The van der Waals surface area contributed by atoms with Crippen LogP contribution in [0.15, 0.2) is 9.03 Å². The summed E-state index contributed by atoms with van der Waals surface area (Å²) in [4.78, 5) is 3.20. The maximum Gasteiger partial charge on any atom is 0.182 e. The van der Waals surface area contributed by atoms with Crippen molar-refractivity contribution in [3.8, 4) is 0 Å². The Balaban J connectivity index is 1.98. The highest BCUT2D eigenvalue weighted by atomic mass is 31.2. The van der Waals surface area contributed by atoms with E-state index in [-0.39, 0.29) is 8.37 Å². The minimum absolute atomic E-state index is 0.330. The Bertz CT molecular complexity index is 163. The molecular formula is C2H5N4P3. The van der Waals surface area contributed by atoms with Crippen molar-refractivity contribution in [2.24, 2.45) is 9.03 Å².